The second-order valence-electron chi connectivity index (χ2n) is 7.08. The average Bonchev–Trinajstić information content (AvgIpc) is 3.09. The zero-order chi connectivity index (χ0) is 13.9. The lowest BCUT2D eigenvalue weighted by Gasteiger charge is -2.38. The summed E-state index contributed by atoms with van der Waals surface area (Å²) in [6.45, 7) is 4.79. The zero-order valence-corrected chi connectivity index (χ0v) is 13.0. The Kier molecular flexibility index (Phi) is 4.45. The number of nitrogens with zero attached hydrogens (tertiary/aromatic N) is 2. The molecule has 1 aromatic rings. The first-order chi connectivity index (χ1) is 9.75. The van der Waals surface area contributed by atoms with Gasteiger partial charge >= 0.3 is 0 Å². The normalized spacial score (nSPS) is 34.8. The Labute approximate surface area is 123 Å². The Balaban J connectivity index is 1.66. The van der Waals surface area contributed by atoms with Gasteiger partial charge in [-0.1, -0.05) is 26.7 Å². The van der Waals surface area contributed by atoms with Crippen molar-refractivity contribution in [2.75, 3.05) is 0 Å². The lowest BCUT2D eigenvalue weighted by atomic mass is 9.77. The molecular weight excluding hydrogens is 246 g/mol. The van der Waals surface area contributed by atoms with Crippen molar-refractivity contribution in [1.82, 2.24) is 14.9 Å². The maximum atomic E-state index is 4.23. The van der Waals surface area contributed by atoms with Crippen molar-refractivity contribution in [3.63, 3.8) is 0 Å². The summed E-state index contributed by atoms with van der Waals surface area (Å²) in [5.41, 5.74) is 0. The number of rotatable bonds is 4. The van der Waals surface area contributed by atoms with E-state index in [-0.39, 0.29) is 0 Å². The highest BCUT2D eigenvalue weighted by Crippen LogP contribution is 2.35. The molecule has 0 radical (unpaired) electrons. The van der Waals surface area contributed by atoms with Crippen LogP contribution in [0.1, 0.15) is 64.8 Å². The Morgan fingerprint density at radius 1 is 1.05 bits per heavy atom. The molecular formula is C17H29N3. The molecule has 2 fully saturated rings. The molecule has 2 aliphatic carbocycles. The third-order valence-corrected chi connectivity index (χ3v) is 5.49. The van der Waals surface area contributed by atoms with E-state index in [1.165, 1.54) is 44.9 Å². The highest BCUT2D eigenvalue weighted by atomic mass is 15.1. The van der Waals surface area contributed by atoms with Crippen molar-refractivity contribution >= 4 is 0 Å². The van der Waals surface area contributed by atoms with Crippen molar-refractivity contribution in [1.29, 1.82) is 0 Å². The van der Waals surface area contributed by atoms with Crippen LogP contribution in [0.4, 0.5) is 0 Å². The quantitative estimate of drug-likeness (QED) is 0.906. The zero-order valence-electron chi connectivity index (χ0n) is 13.0. The van der Waals surface area contributed by atoms with Crippen LogP contribution in [-0.4, -0.2) is 21.6 Å². The number of nitrogens with one attached hydrogen (secondary N) is 1. The number of hydrogen-bond donors (Lipinski definition) is 1. The van der Waals surface area contributed by atoms with E-state index >= 15 is 0 Å². The summed E-state index contributed by atoms with van der Waals surface area (Å²) in [7, 11) is 0. The third-order valence-electron chi connectivity index (χ3n) is 5.49. The molecule has 3 rings (SSSR count). The second kappa shape index (κ2) is 6.30. The number of hydrogen-bond acceptors (Lipinski definition) is 2. The molecule has 4 unspecified atom stereocenters. The monoisotopic (exact) mass is 275 g/mol. The van der Waals surface area contributed by atoms with E-state index in [0.29, 0.717) is 12.1 Å². The highest BCUT2D eigenvalue weighted by Gasteiger charge is 2.34. The molecule has 112 valence electrons. The molecule has 0 aromatic carbocycles. The van der Waals surface area contributed by atoms with Gasteiger partial charge in [0.1, 0.15) is 0 Å². The van der Waals surface area contributed by atoms with Gasteiger partial charge in [-0.05, 0) is 43.9 Å². The number of imidazole rings is 1. The molecule has 3 nitrogen and oxygen atoms in total. The van der Waals surface area contributed by atoms with Gasteiger partial charge in [-0.3, -0.25) is 0 Å². The summed E-state index contributed by atoms with van der Waals surface area (Å²) in [4.78, 5) is 4.23. The minimum atomic E-state index is 0.618. The van der Waals surface area contributed by atoms with Crippen molar-refractivity contribution in [3.05, 3.63) is 18.7 Å². The van der Waals surface area contributed by atoms with Crippen LogP contribution in [0.15, 0.2) is 18.7 Å². The molecule has 1 aromatic heterocycles. The highest BCUT2D eigenvalue weighted by molar-refractivity contribution is 4.95. The molecule has 0 aliphatic heterocycles. The van der Waals surface area contributed by atoms with Crippen LogP contribution in [0.3, 0.4) is 0 Å². The standard InChI is InChI=1S/C17H29N3/c1-13(2)14-6-3-4-7-15(14)19-16-8-5-9-17(16)20-11-10-18-12-20/h10-17,19H,3-9H2,1-2H3. The van der Waals surface area contributed by atoms with Gasteiger partial charge < -0.3 is 9.88 Å². The molecule has 20 heavy (non-hydrogen) atoms. The Bertz CT molecular complexity index is 398. The van der Waals surface area contributed by atoms with Crippen LogP contribution >= 0.6 is 0 Å². The molecule has 1 N–H and O–H groups in total. The van der Waals surface area contributed by atoms with Gasteiger partial charge in [-0.15, -0.1) is 0 Å². The first-order valence-corrected chi connectivity index (χ1v) is 8.49. The van der Waals surface area contributed by atoms with Crippen molar-refractivity contribution in [3.8, 4) is 0 Å². The predicted octanol–water partition coefficient (Wildman–Crippen LogP) is 3.78. The summed E-state index contributed by atoms with van der Waals surface area (Å²) in [6, 6.07) is 2.00. The van der Waals surface area contributed by atoms with Gasteiger partial charge in [0.05, 0.1) is 6.33 Å². The van der Waals surface area contributed by atoms with Gasteiger partial charge in [0.2, 0.25) is 0 Å². The van der Waals surface area contributed by atoms with Gasteiger partial charge in [0.15, 0.2) is 0 Å². The Hall–Kier alpha value is -0.830. The Morgan fingerprint density at radius 3 is 2.60 bits per heavy atom. The van der Waals surface area contributed by atoms with Crippen LogP contribution < -0.4 is 5.32 Å². The molecule has 0 saturated heterocycles. The van der Waals surface area contributed by atoms with E-state index in [9.17, 15) is 0 Å². The first-order valence-electron chi connectivity index (χ1n) is 8.49. The minimum Gasteiger partial charge on any atom is -0.333 e. The van der Waals surface area contributed by atoms with Crippen molar-refractivity contribution in [2.24, 2.45) is 11.8 Å². The first kappa shape index (κ1) is 14.1. The van der Waals surface area contributed by atoms with Gasteiger partial charge in [-0.2, -0.15) is 0 Å². The fraction of sp³-hybridized carbons (Fsp3) is 0.824. The van der Waals surface area contributed by atoms with E-state index in [2.05, 4.69) is 34.9 Å². The molecule has 2 aliphatic rings. The summed E-state index contributed by atoms with van der Waals surface area (Å²) in [6.07, 6.45) is 15.6. The van der Waals surface area contributed by atoms with E-state index in [1.807, 2.05) is 12.5 Å². The molecule has 2 saturated carbocycles. The van der Waals surface area contributed by atoms with Crippen LogP contribution in [0.2, 0.25) is 0 Å². The molecule has 4 atom stereocenters. The maximum absolute atomic E-state index is 4.23. The predicted molar refractivity (Wildman–Crippen MR) is 82.6 cm³/mol. The van der Waals surface area contributed by atoms with Crippen molar-refractivity contribution < 1.29 is 0 Å². The Morgan fingerprint density at radius 2 is 1.85 bits per heavy atom. The molecule has 0 bridgehead atoms. The third kappa shape index (κ3) is 2.93. The van der Waals surface area contributed by atoms with E-state index in [1.54, 1.807) is 0 Å². The van der Waals surface area contributed by atoms with Gasteiger partial charge in [-0.25, -0.2) is 4.98 Å². The van der Waals surface area contributed by atoms with E-state index in [4.69, 9.17) is 0 Å². The van der Waals surface area contributed by atoms with Crippen LogP contribution in [0.25, 0.3) is 0 Å². The van der Waals surface area contributed by atoms with Crippen LogP contribution in [0.5, 0.6) is 0 Å². The van der Waals surface area contributed by atoms with Crippen LogP contribution in [0, 0.1) is 11.8 Å². The second-order valence-corrected chi connectivity index (χ2v) is 7.08. The average molecular weight is 275 g/mol. The fourth-order valence-corrected chi connectivity index (χ4v) is 4.40. The molecule has 1 heterocycles. The largest absolute Gasteiger partial charge is 0.333 e. The number of aromatic nitrogens is 2. The molecule has 3 heteroatoms. The van der Waals surface area contributed by atoms with Gasteiger partial charge in [0, 0.05) is 30.5 Å². The fourth-order valence-electron chi connectivity index (χ4n) is 4.40. The lowest BCUT2D eigenvalue weighted by Crippen LogP contribution is -2.47. The van der Waals surface area contributed by atoms with Crippen LogP contribution in [-0.2, 0) is 0 Å². The smallest absolute Gasteiger partial charge is 0.0949 e. The minimum absolute atomic E-state index is 0.618. The topological polar surface area (TPSA) is 29.9 Å². The summed E-state index contributed by atoms with van der Waals surface area (Å²) in [5, 5.41) is 4.04. The lowest BCUT2D eigenvalue weighted by molar-refractivity contribution is 0.182. The van der Waals surface area contributed by atoms with E-state index in [0.717, 1.165) is 17.9 Å². The SMILES string of the molecule is CC(C)C1CCCCC1NC1CCCC1n1ccnc1. The van der Waals surface area contributed by atoms with Gasteiger partial charge in [0.25, 0.3) is 0 Å². The van der Waals surface area contributed by atoms with Crippen molar-refractivity contribution in [2.45, 2.75) is 76.9 Å². The molecule has 0 amide bonds. The summed E-state index contributed by atoms with van der Waals surface area (Å²) >= 11 is 0. The summed E-state index contributed by atoms with van der Waals surface area (Å²) < 4.78 is 2.32. The molecule has 0 spiro atoms. The maximum Gasteiger partial charge on any atom is 0.0949 e. The van der Waals surface area contributed by atoms with E-state index < -0.39 is 0 Å². The summed E-state index contributed by atoms with van der Waals surface area (Å²) in [5.74, 6) is 1.67.